The molecule has 1 aliphatic rings. The molecule has 2 unspecified atom stereocenters. The van der Waals surface area contributed by atoms with E-state index in [9.17, 15) is 0 Å². The summed E-state index contributed by atoms with van der Waals surface area (Å²) in [7, 11) is 0. The van der Waals surface area contributed by atoms with Gasteiger partial charge in [0.1, 0.15) is 0 Å². The van der Waals surface area contributed by atoms with Gasteiger partial charge >= 0.3 is 0 Å². The lowest BCUT2D eigenvalue weighted by Gasteiger charge is -2.36. The second-order valence-corrected chi connectivity index (χ2v) is 5.27. The number of nitrogens with one attached hydrogen (secondary N) is 1. The second kappa shape index (κ2) is 4.60. The molecule has 84 valence electrons. The Morgan fingerprint density at radius 2 is 2.00 bits per heavy atom. The average molecular weight is 200 g/mol. The molecule has 2 atom stereocenters. The molecule has 1 aliphatic carbocycles. The van der Waals surface area contributed by atoms with E-state index in [1.54, 1.807) is 0 Å². The largest absolute Gasteiger partial charge is 0.377 e. The van der Waals surface area contributed by atoms with Crippen molar-refractivity contribution in [2.24, 2.45) is 17.2 Å². The zero-order valence-electron chi connectivity index (χ0n) is 9.84. The fourth-order valence-electron chi connectivity index (χ4n) is 1.96. The minimum atomic E-state index is 0.150. The van der Waals surface area contributed by atoms with Crippen molar-refractivity contribution in [3.8, 4) is 0 Å². The SMILES string of the molecule is CCOC(C1CC1)C(NN)C(C)(C)C. The molecule has 0 aromatic rings. The van der Waals surface area contributed by atoms with Crippen LogP contribution in [0.15, 0.2) is 0 Å². The first-order valence-electron chi connectivity index (χ1n) is 5.58. The molecular weight excluding hydrogens is 176 g/mol. The van der Waals surface area contributed by atoms with Gasteiger partial charge in [0.2, 0.25) is 0 Å². The van der Waals surface area contributed by atoms with Gasteiger partial charge < -0.3 is 4.74 Å². The fraction of sp³-hybridized carbons (Fsp3) is 1.00. The molecule has 0 heterocycles. The van der Waals surface area contributed by atoms with Crippen molar-refractivity contribution in [1.82, 2.24) is 5.43 Å². The van der Waals surface area contributed by atoms with E-state index in [4.69, 9.17) is 10.6 Å². The Hall–Kier alpha value is -0.120. The summed E-state index contributed by atoms with van der Waals surface area (Å²) in [6.07, 6.45) is 2.86. The van der Waals surface area contributed by atoms with Gasteiger partial charge in [0, 0.05) is 6.61 Å². The maximum absolute atomic E-state index is 5.80. The van der Waals surface area contributed by atoms with Gasteiger partial charge in [-0.2, -0.15) is 0 Å². The minimum absolute atomic E-state index is 0.150. The minimum Gasteiger partial charge on any atom is -0.377 e. The molecule has 3 heteroatoms. The maximum Gasteiger partial charge on any atom is 0.0774 e. The van der Waals surface area contributed by atoms with Crippen molar-refractivity contribution in [3.05, 3.63) is 0 Å². The van der Waals surface area contributed by atoms with Crippen molar-refractivity contribution >= 4 is 0 Å². The molecule has 14 heavy (non-hydrogen) atoms. The van der Waals surface area contributed by atoms with E-state index in [1.165, 1.54) is 12.8 Å². The summed E-state index contributed by atoms with van der Waals surface area (Å²) in [5.41, 5.74) is 3.07. The molecule has 0 aromatic heterocycles. The van der Waals surface area contributed by atoms with Crippen LogP contribution in [-0.4, -0.2) is 18.8 Å². The topological polar surface area (TPSA) is 47.3 Å². The summed E-state index contributed by atoms with van der Waals surface area (Å²) in [5.74, 6) is 6.34. The van der Waals surface area contributed by atoms with E-state index in [1.807, 2.05) is 6.92 Å². The Morgan fingerprint density at radius 1 is 1.43 bits per heavy atom. The molecule has 0 bridgehead atoms. The smallest absolute Gasteiger partial charge is 0.0774 e. The molecule has 0 saturated heterocycles. The average Bonchev–Trinajstić information content (AvgIpc) is 2.84. The van der Waals surface area contributed by atoms with E-state index >= 15 is 0 Å². The first kappa shape index (κ1) is 12.0. The van der Waals surface area contributed by atoms with Gasteiger partial charge in [-0.1, -0.05) is 20.8 Å². The van der Waals surface area contributed by atoms with Crippen LogP contribution >= 0.6 is 0 Å². The Kier molecular flexibility index (Phi) is 3.93. The van der Waals surface area contributed by atoms with Crippen LogP contribution in [0.2, 0.25) is 0 Å². The third kappa shape index (κ3) is 2.94. The van der Waals surface area contributed by atoms with Gasteiger partial charge in [0.25, 0.3) is 0 Å². The molecule has 1 saturated carbocycles. The van der Waals surface area contributed by atoms with Crippen molar-refractivity contribution in [1.29, 1.82) is 0 Å². The third-order valence-electron chi connectivity index (χ3n) is 2.89. The van der Waals surface area contributed by atoms with Gasteiger partial charge in [0.05, 0.1) is 12.1 Å². The Bertz CT molecular complexity index is 173. The first-order chi connectivity index (χ1) is 6.50. The summed E-state index contributed by atoms with van der Waals surface area (Å²) < 4.78 is 5.80. The standard InChI is InChI=1S/C11H24N2O/c1-5-14-9(8-6-7-8)10(13-12)11(2,3)4/h8-10,13H,5-7,12H2,1-4H3. The summed E-state index contributed by atoms with van der Waals surface area (Å²) in [6, 6.07) is 0.245. The highest BCUT2D eigenvalue weighted by Gasteiger charge is 2.41. The molecule has 1 fully saturated rings. The Balaban J connectivity index is 2.62. The highest BCUT2D eigenvalue weighted by Crippen LogP contribution is 2.39. The van der Waals surface area contributed by atoms with Crippen molar-refractivity contribution in [2.45, 2.75) is 52.7 Å². The second-order valence-electron chi connectivity index (χ2n) is 5.27. The fourth-order valence-corrected chi connectivity index (χ4v) is 1.96. The monoisotopic (exact) mass is 200 g/mol. The zero-order valence-corrected chi connectivity index (χ0v) is 9.84. The third-order valence-corrected chi connectivity index (χ3v) is 2.89. The van der Waals surface area contributed by atoms with Crippen LogP contribution in [0.5, 0.6) is 0 Å². The summed E-state index contributed by atoms with van der Waals surface area (Å²) >= 11 is 0. The molecule has 3 N–H and O–H groups in total. The number of hydrogen-bond acceptors (Lipinski definition) is 3. The zero-order chi connectivity index (χ0) is 10.8. The van der Waals surface area contributed by atoms with Crippen molar-refractivity contribution in [2.75, 3.05) is 6.61 Å². The molecule has 0 aromatic carbocycles. The molecule has 0 aliphatic heterocycles. The van der Waals surface area contributed by atoms with Gasteiger partial charge in [-0.25, -0.2) is 0 Å². The number of hydrazine groups is 1. The van der Waals surface area contributed by atoms with Crippen LogP contribution in [0.3, 0.4) is 0 Å². The van der Waals surface area contributed by atoms with Crippen LogP contribution in [0.4, 0.5) is 0 Å². The molecule has 0 spiro atoms. The summed E-state index contributed by atoms with van der Waals surface area (Å²) in [6.45, 7) is 9.42. The van der Waals surface area contributed by atoms with Crippen LogP contribution in [-0.2, 0) is 4.74 Å². The summed E-state index contributed by atoms with van der Waals surface area (Å²) in [5, 5.41) is 0. The molecule has 1 rings (SSSR count). The van der Waals surface area contributed by atoms with E-state index in [2.05, 4.69) is 26.2 Å². The van der Waals surface area contributed by atoms with Gasteiger partial charge in [-0.05, 0) is 31.1 Å². The normalized spacial score (nSPS) is 22.1. The number of rotatable bonds is 5. The predicted molar refractivity (Wildman–Crippen MR) is 58.7 cm³/mol. The molecular formula is C11H24N2O. The van der Waals surface area contributed by atoms with Crippen molar-refractivity contribution in [3.63, 3.8) is 0 Å². The van der Waals surface area contributed by atoms with Gasteiger partial charge in [-0.15, -0.1) is 0 Å². The van der Waals surface area contributed by atoms with E-state index in [-0.39, 0.29) is 17.6 Å². The lowest BCUT2D eigenvalue weighted by molar-refractivity contribution is -0.0112. The highest BCUT2D eigenvalue weighted by atomic mass is 16.5. The van der Waals surface area contributed by atoms with Gasteiger partial charge in [-0.3, -0.25) is 11.3 Å². The number of ether oxygens (including phenoxy) is 1. The van der Waals surface area contributed by atoms with Crippen LogP contribution in [0, 0.1) is 11.3 Å². The van der Waals surface area contributed by atoms with Crippen LogP contribution < -0.4 is 11.3 Å². The number of nitrogens with two attached hydrogens (primary N) is 1. The Labute approximate surface area is 87.4 Å². The van der Waals surface area contributed by atoms with E-state index in [0.717, 1.165) is 12.5 Å². The van der Waals surface area contributed by atoms with Crippen LogP contribution in [0.1, 0.15) is 40.5 Å². The highest BCUT2D eigenvalue weighted by molar-refractivity contribution is 4.94. The van der Waals surface area contributed by atoms with Crippen LogP contribution in [0.25, 0.3) is 0 Å². The van der Waals surface area contributed by atoms with E-state index in [0.29, 0.717) is 0 Å². The predicted octanol–water partition coefficient (Wildman–Crippen LogP) is 1.68. The van der Waals surface area contributed by atoms with E-state index < -0.39 is 0 Å². The molecule has 3 nitrogen and oxygen atoms in total. The molecule has 0 amide bonds. The van der Waals surface area contributed by atoms with Gasteiger partial charge in [0.15, 0.2) is 0 Å². The lowest BCUT2D eigenvalue weighted by Crippen LogP contribution is -2.53. The first-order valence-corrected chi connectivity index (χ1v) is 5.58. The molecule has 0 radical (unpaired) electrons. The summed E-state index contributed by atoms with van der Waals surface area (Å²) in [4.78, 5) is 0. The maximum atomic E-state index is 5.80. The quantitative estimate of drug-likeness (QED) is 0.524. The number of hydrogen-bond donors (Lipinski definition) is 2. The lowest BCUT2D eigenvalue weighted by atomic mass is 9.82. The van der Waals surface area contributed by atoms with Crippen molar-refractivity contribution < 1.29 is 4.74 Å². The Morgan fingerprint density at radius 3 is 2.29 bits per heavy atom.